The van der Waals surface area contributed by atoms with Crippen LogP contribution in [0.1, 0.15) is 6.92 Å². The fourth-order valence-electron chi connectivity index (χ4n) is 2.24. The van der Waals surface area contributed by atoms with Gasteiger partial charge in [-0.15, -0.1) is 0 Å². The molecule has 0 fully saturated rings. The maximum Gasteiger partial charge on any atom is 0.202 e. The first-order chi connectivity index (χ1) is 8.43. The summed E-state index contributed by atoms with van der Waals surface area (Å²) in [4.78, 5) is 11.1. The SMILES string of the molecule is C=CC1=C(/C=C\C)N=C(N(C)C)N(C)C1N(C)C. The lowest BCUT2D eigenvalue weighted by Gasteiger charge is -2.41. The van der Waals surface area contributed by atoms with Crippen molar-refractivity contribution >= 4 is 5.96 Å². The van der Waals surface area contributed by atoms with Crippen molar-refractivity contribution in [1.29, 1.82) is 0 Å². The second kappa shape index (κ2) is 5.87. The normalized spacial score (nSPS) is 20.7. The first-order valence-electron chi connectivity index (χ1n) is 6.08. The van der Waals surface area contributed by atoms with Crippen LogP contribution in [-0.2, 0) is 0 Å². The minimum Gasteiger partial charge on any atom is -0.349 e. The van der Waals surface area contributed by atoms with E-state index in [0.29, 0.717) is 0 Å². The lowest BCUT2D eigenvalue weighted by Crippen LogP contribution is -2.52. The quantitative estimate of drug-likeness (QED) is 0.760. The number of hydrogen-bond acceptors (Lipinski definition) is 4. The Morgan fingerprint density at radius 3 is 2.28 bits per heavy atom. The van der Waals surface area contributed by atoms with Crippen molar-refractivity contribution in [2.75, 3.05) is 35.2 Å². The zero-order valence-corrected chi connectivity index (χ0v) is 12.3. The highest BCUT2D eigenvalue weighted by Crippen LogP contribution is 2.25. The predicted molar refractivity (Wildman–Crippen MR) is 78.4 cm³/mol. The number of allylic oxidation sites excluding steroid dienone is 2. The summed E-state index contributed by atoms with van der Waals surface area (Å²) in [6.07, 6.45) is 6.09. The summed E-state index contributed by atoms with van der Waals surface area (Å²) in [6, 6.07) is 0. The van der Waals surface area contributed by atoms with E-state index < -0.39 is 0 Å². The van der Waals surface area contributed by atoms with Gasteiger partial charge in [-0.1, -0.05) is 18.7 Å². The van der Waals surface area contributed by atoms with Gasteiger partial charge in [0.2, 0.25) is 5.96 Å². The van der Waals surface area contributed by atoms with Crippen LogP contribution in [0.3, 0.4) is 0 Å². The van der Waals surface area contributed by atoms with E-state index in [1.165, 1.54) is 0 Å². The summed E-state index contributed by atoms with van der Waals surface area (Å²) in [7, 11) is 10.2. The molecule has 0 aliphatic carbocycles. The van der Waals surface area contributed by atoms with E-state index in [2.05, 4.69) is 37.5 Å². The second-order valence-corrected chi connectivity index (χ2v) is 4.80. The molecule has 0 amide bonds. The molecule has 0 aromatic carbocycles. The average molecular weight is 248 g/mol. The molecular weight excluding hydrogens is 224 g/mol. The second-order valence-electron chi connectivity index (χ2n) is 4.80. The molecule has 1 aliphatic heterocycles. The molecule has 0 bridgehead atoms. The van der Waals surface area contributed by atoms with Gasteiger partial charge in [0.1, 0.15) is 6.17 Å². The smallest absolute Gasteiger partial charge is 0.202 e. The highest BCUT2D eigenvalue weighted by molar-refractivity contribution is 5.83. The molecule has 0 radical (unpaired) electrons. The molecule has 0 saturated heterocycles. The van der Waals surface area contributed by atoms with Crippen molar-refractivity contribution in [3.8, 4) is 0 Å². The van der Waals surface area contributed by atoms with E-state index in [1.54, 1.807) is 0 Å². The Kier molecular flexibility index (Phi) is 4.73. The molecule has 1 aliphatic rings. The zero-order valence-electron chi connectivity index (χ0n) is 12.3. The molecule has 0 aromatic rings. The number of guanidine groups is 1. The van der Waals surface area contributed by atoms with Crippen molar-refractivity contribution in [1.82, 2.24) is 14.7 Å². The summed E-state index contributed by atoms with van der Waals surface area (Å²) in [5.41, 5.74) is 2.11. The van der Waals surface area contributed by atoms with Gasteiger partial charge in [-0.3, -0.25) is 4.90 Å². The highest BCUT2D eigenvalue weighted by Gasteiger charge is 2.29. The van der Waals surface area contributed by atoms with Crippen LogP contribution < -0.4 is 0 Å². The summed E-state index contributed by atoms with van der Waals surface area (Å²) < 4.78 is 0. The van der Waals surface area contributed by atoms with Gasteiger partial charge >= 0.3 is 0 Å². The van der Waals surface area contributed by atoms with E-state index in [4.69, 9.17) is 4.99 Å². The lowest BCUT2D eigenvalue weighted by atomic mass is 10.1. The Bertz CT molecular complexity index is 402. The lowest BCUT2D eigenvalue weighted by molar-refractivity contribution is 0.186. The Labute approximate surface area is 111 Å². The molecule has 1 heterocycles. The molecule has 100 valence electrons. The number of nitrogens with zero attached hydrogens (tertiary/aromatic N) is 4. The van der Waals surface area contributed by atoms with Crippen molar-refractivity contribution in [2.24, 2.45) is 4.99 Å². The van der Waals surface area contributed by atoms with E-state index >= 15 is 0 Å². The number of hydrogen-bond donors (Lipinski definition) is 0. The molecule has 1 rings (SSSR count). The third-order valence-electron chi connectivity index (χ3n) is 2.91. The molecule has 1 atom stereocenters. The van der Waals surface area contributed by atoms with Crippen molar-refractivity contribution in [3.05, 3.63) is 36.1 Å². The van der Waals surface area contributed by atoms with Crippen molar-refractivity contribution < 1.29 is 0 Å². The molecule has 0 N–H and O–H groups in total. The molecule has 4 nitrogen and oxygen atoms in total. The van der Waals surface area contributed by atoms with Gasteiger partial charge in [0.25, 0.3) is 0 Å². The van der Waals surface area contributed by atoms with Crippen LogP contribution in [0.15, 0.2) is 41.1 Å². The first-order valence-corrected chi connectivity index (χ1v) is 6.08. The van der Waals surface area contributed by atoms with Crippen LogP contribution >= 0.6 is 0 Å². The predicted octanol–water partition coefficient (Wildman–Crippen LogP) is 1.75. The summed E-state index contributed by atoms with van der Waals surface area (Å²) in [5, 5.41) is 0. The van der Waals surface area contributed by atoms with Gasteiger partial charge in [0, 0.05) is 26.7 Å². The van der Waals surface area contributed by atoms with Gasteiger partial charge in [0.15, 0.2) is 0 Å². The molecule has 0 saturated carbocycles. The summed E-state index contributed by atoms with van der Waals surface area (Å²) in [5.74, 6) is 0.951. The Balaban J connectivity index is 3.38. The first kappa shape index (κ1) is 14.5. The van der Waals surface area contributed by atoms with Crippen LogP contribution in [0.5, 0.6) is 0 Å². The monoisotopic (exact) mass is 248 g/mol. The van der Waals surface area contributed by atoms with E-state index in [1.807, 2.05) is 44.1 Å². The summed E-state index contributed by atoms with van der Waals surface area (Å²) >= 11 is 0. The minimum absolute atomic E-state index is 0.156. The number of likely N-dealkylation sites (N-methyl/N-ethyl adjacent to an activating group) is 2. The van der Waals surface area contributed by atoms with Crippen LogP contribution in [0.25, 0.3) is 0 Å². The Morgan fingerprint density at radius 2 is 1.89 bits per heavy atom. The fraction of sp³-hybridized carbons (Fsp3) is 0.500. The molecule has 0 spiro atoms. The van der Waals surface area contributed by atoms with E-state index in [0.717, 1.165) is 17.2 Å². The van der Waals surface area contributed by atoms with Gasteiger partial charge < -0.3 is 9.80 Å². The molecule has 18 heavy (non-hydrogen) atoms. The van der Waals surface area contributed by atoms with Crippen LogP contribution in [0.4, 0.5) is 0 Å². The van der Waals surface area contributed by atoms with Gasteiger partial charge in [-0.05, 0) is 27.1 Å². The largest absolute Gasteiger partial charge is 0.349 e. The van der Waals surface area contributed by atoms with Gasteiger partial charge in [-0.25, -0.2) is 4.99 Å². The van der Waals surface area contributed by atoms with Crippen LogP contribution in [-0.4, -0.2) is 62.1 Å². The van der Waals surface area contributed by atoms with E-state index in [-0.39, 0.29) is 6.17 Å². The average Bonchev–Trinajstić information content (AvgIpc) is 2.29. The maximum atomic E-state index is 4.70. The van der Waals surface area contributed by atoms with Gasteiger partial charge in [-0.2, -0.15) is 0 Å². The van der Waals surface area contributed by atoms with Crippen molar-refractivity contribution in [2.45, 2.75) is 13.1 Å². The number of rotatable bonds is 3. The highest BCUT2D eigenvalue weighted by atomic mass is 15.4. The fourth-order valence-corrected chi connectivity index (χ4v) is 2.24. The maximum absolute atomic E-state index is 4.70. The van der Waals surface area contributed by atoms with Crippen molar-refractivity contribution in [3.63, 3.8) is 0 Å². The number of aliphatic imine (C=N–C) groups is 1. The molecule has 1 unspecified atom stereocenters. The van der Waals surface area contributed by atoms with E-state index in [9.17, 15) is 0 Å². The standard InChI is InChI=1S/C14H24N4/c1-8-10-12-11(9-2)13(16(3)4)18(7)14(15-12)17(5)6/h8-10,13H,2H2,1,3-7H3/b10-8-. The molecule has 4 heteroatoms. The topological polar surface area (TPSA) is 22.1 Å². The third kappa shape index (κ3) is 2.64. The molecular formula is C14H24N4. The summed E-state index contributed by atoms with van der Waals surface area (Å²) in [6.45, 7) is 5.93. The zero-order chi connectivity index (χ0) is 13.9. The minimum atomic E-state index is 0.156. The Morgan fingerprint density at radius 1 is 1.28 bits per heavy atom. The van der Waals surface area contributed by atoms with Crippen LogP contribution in [0, 0.1) is 0 Å². The van der Waals surface area contributed by atoms with Gasteiger partial charge in [0.05, 0.1) is 5.70 Å². The Hall–Kier alpha value is -1.55. The molecule has 0 aromatic heterocycles. The van der Waals surface area contributed by atoms with Crippen LogP contribution in [0.2, 0.25) is 0 Å². The third-order valence-corrected chi connectivity index (χ3v) is 2.91.